The number of piperidine rings is 1. The lowest BCUT2D eigenvalue weighted by Gasteiger charge is -2.32. The molecule has 0 saturated carbocycles. The van der Waals surface area contributed by atoms with Crippen molar-refractivity contribution in [3.8, 4) is 11.5 Å². The van der Waals surface area contributed by atoms with Crippen molar-refractivity contribution in [2.45, 2.75) is 57.8 Å². The van der Waals surface area contributed by atoms with Gasteiger partial charge in [0.1, 0.15) is 11.5 Å². The third kappa shape index (κ3) is 5.06. The minimum absolute atomic E-state index is 0.364. The van der Waals surface area contributed by atoms with E-state index in [4.69, 9.17) is 19.2 Å². The van der Waals surface area contributed by atoms with Gasteiger partial charge in [0.05, 0.1) is 24.2 Å². The first-order chi connectivity index (χ1) is 19.3. The van der Waals surface area contributed by atoms with Gasteiger partial charge in [-0.15, -0.1) is 0 Å². The van der Waals surface area contributed by atoms with Crippen molar-refractivity contribution in [3.63, 3.8) is 0 Å². The molecular formula is C31H36N4O5. The first-order valence-electron chi connectivity index (χ1n) is 13.9. The fourth-order valence-electron chi connectivity index (χ4n) is 5.87. The number of aromatic nitrogens is 3. The molecule has 2 aliphatic heterocycles. The Morgan fingerprint density at radius 1 is 1.05 bits per heavy atom. The van der Waals surface area contributed by atoms with E-state index in [1.165, 1.54) is 5.56 Å². The second kappa shape index (κ2) is 10.8. The maximum absolute atomic E-state index is 9.67. The number of para-hydroxylation sites is 1. The highest BCUT2D eigenvalue weighted by molar-refractivity contribution is 5.77. The van der Waals surface area contributed by atoms with Gasteiger partial charge in [0.15, 0.2) is 17.8 Å². The predicted octanol–water partition coefficient (Wildman–Crippen LogP) is 4.39. The average molecular weight is 545 g/mol. The lowest BCUT2D eigenvalue weighted by atomic mass is 9.88. The van der Waals surface area contributed by atoms with Gasteiger partial charge in [-0.1, -0.05) is 24.3 Å². The highest BCUT2D eigenvalue weighted by Gasteiger charge is 2.42. The first kappa shape index (κ1) is 26.7. The molecule has 0 bridgehead atoms. The normalized spacial score (nSPS) is 19.6. The van der Waals surface area contributed by atoms with Crippen molar-refractivity contribution in [1.82, 2.24) is 19.4 Å². The molecule has 4 heterocycles. The van der Waals surface area contributed by atoms with Crippen molar-refractivity contribution in [1.29, 1.82) is 0 Å². The van der Waals surface area contributed by atoms with Gasteiger partial charge >= 0.3 is 0 Å². The lowest BCUT2D eigenvalue weighted by molar-refractivity contribution is -0.0723. The van der Waals surface area contributed by atoms with Crippen LogP contribution in [0.15, 0.2) is 54.6 Å². The van der Waals surface area contributed by atoms with Crippen molar-refractivity contribution in [2.24, 2.45) is 0 Å². The van der Waals surface area contributed by atoms with Crippen LogP contribution in [0.5, 0.6) is 11.5 Å². The number of methoxy groups -OCH3 is 1. The number of rotatable bonds is 8. The minimum Gasteiger partial charge on any atom is -0.443 e. The number of nitrogens with zero attached hydrogens (tertiary/aromatic N) is 4. The van der Waals surface area contributed by atoms with Crippen LogP contribution < -0.4 is 9.47 Å². The second-order valence-corrected chi connectivity index (χ2v) is 10.8. The number of pyridine rings is 1. The number of imidazole rings is 1. The number of ether oxygens (including phenoxy) is 3. The van der Waals surface area contributed by atoms with Gasteiger partial charge in [-0.25, -0.2) is 9.97 Å². The Balaban J connectivity index is 1.17. The summed E-state index contributed by atoms with van der Waals surface area (Å²) in [5.74, 6) is 1.97. The molecule has 9 nitrogen and oxygen atoms in total. The molecule has 2 N–H and O–H groups in total. The van der Waals surface area contributed by atoms with E-state index in [0.29, 0.717) is 31.2 Å². The molecule has 2 aliphatic rings. The summed E-state index contributed by atoms with van der Waals surface area (Å²) >= 11 is 0. The molecular weight excluding hydrogens is 508 g/mol. The summed E-state index contributed by atoms with van der Waals surface area (Å²) in [5.41, 5.74) is 5.06. The number of hydrogen-bond donors (Lipinski definition) is 2. The second-order valence-electron chi connectivity index (χ2n) is 10.8. The average Bonchev–Trinajstić information content (AvgIpc) is 3.48. The monoisotopic (exact) mass is 544 g/mol. The van der Waals surface area contributed by atoms with Crippen LogP contribution in [0.4, 0.5) is 0 Å². The van der Waals surface area contributed by atoms with E-state index in [1.807, 2.05) is 44.2 Å². The maximum atomic E-state index is 9.67. The van der Waals surface area contributed by atoms with Gasteiger partial charge < -0.3 is 29.0 Å². The Hall–Kier alpha value is -3.50. The Bertz CT molecular complexity index is 1510. The first-order valence-corrected chi connectivity index (χ1v) is 13.9. The molecule has 1 saturated heterocycles. The van der Waals surface area contributed by atoms with Crippen LogP contribution in [0.2, 0.25) is 0 Å². The highest BCUT2D eigenvalue weighted by Crippen LogP contribution is 2.49. The zero-order chi connectivity index (χ0) is 27.9. The van der Waals surface area contributed by atoms with Gasteiger partial charge in [0.2, 0.25) is 0 Å². The molecule has 1 unspecified atom stereocenters. The zero-order valence-corrected chi connectivity index (χ0v) is 23.2. The summed E-state index contributed by atoms with van der Waals surface area (Å²) < 4.78 is 20.3. The van der Waals surface area contributed by atoms with Crippen LogP contribution in [0.1, 0.15) is 60.3 Å². The van der Waals surface area contributed by atoms with Crippen LogP contribution in [0, 0.1) is 6.92 Å². The smallest absolute Gasteiger partial charge is 0.292 e. The third-order valence-corrected chi connectivity index (χ3v) is 8.03. The molecule has 2 aromatic heterocycles. The van der Waals surface area contributed by atoms with E-state index < -0.39 is 12.1 Å². The SMILES string of the molecule is COCCn1c(CN2CCC(c3cccc4c3OC(C)(c3cccc(C)n3)O4)CC2)nc2ccc(C(O)O)cc21. The quantitative estimate of drug-likeness (QED) is 0.315. The van der Waals surface area contributed by atoms with Crippen LogP contribution in [-0.4, -0.2) is 56.5 Å². The van der Waals surface area contributed by atoms with E-state index >= 15 is 0 Å². The van der Waals surface area contributed by atoms with Crippen LogP contribution in [0.3, 0.4) is 0 Å². The molecule has 0 aliphatic carbocycles. The molecule has 6 rings (SSSR count). The molecule has 0 radical (unpaired) electrons. The van der Waals surface area contributed by atoms with Crippen LogP contribution in [0.25, 0.3) is 11.0 Å². The maximum Gasteiger partial charge on any atom is 0.292 e. The van der Waals surface area contributed by atoms with E-state index in [-0.39, 0.29) is 0 Å². The minimum atomic E-state index is -1.52. The van der Waals surface area contributed by atoms with Gasteiger partial charge in [0, 0.05) is 37.4 Å². The van der Waals surface area contributed by atoms with Gasteiger partial charge in [0.25, 0.3) is 5.79 Å². The molecule has 0 amide bonds. The number of hydrogen-bond acceptors (Lipinski definition) is 8. The van der Waals surface area contributed by atoms with Crippen molar-refractivity contribution in [2.75, 3.05) is 26.8 Å². The Morgan fingerprint density at radius 3 is 2.60 bits per heavy atom. The van der Waals surface area contributed by atoms with Gasteiger partial charge in [-0.2, -0.15) is 0 Å². The molecule has 4 aromatic rings. The van der Waals surface area contributed by atoms with Crippen molar-refractivity contribution >= 4 is 11.0 Å². The van der Waals surface area contributed by atoms with E-state index in [9.17, 15) is 10.2 Å². The van der Waals surface area contributed by atoms with E-state index in [2.05, 4.69) is 26.6 Å². The summed E-state index contributed by atoms with van der Waals surface area (Å²) in [7, 11) is 1.68. The number of fused-ring (bicyclic) bond motifs is 2. The predicted molar refractivity (Wildman–Crippen MR) is 150 cm³/mol. The largest absolute Gasteiger partial charge is 0.443 e. The molecule has 0 spiro atoms. The Kier molecular flexibility index (Phi) is 7.22. The Labute approximate surface area is 234 Å². The molecule has 9 heteroatoms. The number of likely N-dealkylation sites (tertiary alicyclic amines) is 1. The summed E-state index contributed by atoms with van der Waals surface area (Å²) in [4.78, 5) is 12.0. The van der Waals surface area contributed by atoms with Crippen LogP contribution >= 0.6 is 0 Å². The molecule has 210 valence electrons. The molecule has 1 atom stereocenters. The van der Waals surface area contributed by atoms with E-state index in [0.717, 1.165) is 65.7 Å². The molecule has 40 heavy (non-hydrogen) atoms. The summed E-state index contributed by atoms with van der Waals surface area (Å²) in [5, 5.41) is 19.3. The summed E-state index contributed by atoms with van der Waals surface area (Å²) in [6.45, 7) is 7.67. The van der Waals surface area contributed by atoms with E-state index in [1.54, 1.807) is 19.2 Å². The van der Waals surface area contributed by atoms with Gasteiger partial charge in [-0.3, -0.25) is 4.90 Å². The highest BCUT2D eigenvalue weighted by atomic mass is 16.7. The summed E-state index contributed by atoms with van der Waals surface area (Å²) in [6.07, 6.45) is 0.480. The van der Waals surface area contributed by atoms with Gasteiger partial charge in [-0.05, 0) is 69.1 Å². The number of aliphatic hydroxyl groups excluding tert-OH is 1. The lowest BCUT2D eigenvalue weighted by Crippen LogP contribution is -2.34. The summed E-state index contributed by atoms with van der Waals surface area (Å²) in [6, 6.07) is 17.4. The number of aliphatic hydroxyl groups is 2. The number of benzene rings is 2. The molecule has 1 fully saturated rings. The van der Waals surface area contributed by atoms with Crippen molar-refractivity contribution in [3.05, 3.63) is 82.9 Å². The Morgan fingerprint density at radius 2 is 1.85 bits per heavy atom. The fraction of sp³-hybridized carbons (Fsp3) is 0.419. The molecule has 2 aromatic carbocycles. The third-order valence-electron chi connectivity index (χ3n) is 8.03. The zero-order valence-electron chi connectivity index (χ0n) is 23.2. The van der Waals surface area contributed by atoms with Crippen LogP contribution in [-0.2, 0) is 23.6 Å². The fourth-order valence-corrected chi connectivity index (χ4v) is 5.87. The standard InChI is InChI=1S/C31H36N4O5/c1-20-6-4-9-27(32-20)31(2)39-26-8-5-7-23(29(26)40-31)21-12-14-34(15-13-21)19-28-33-24-11-10-22(30(36)37)18-25(24)35(28)16-17-38-3/h4-11,18,21,30,36-37H,12-17,19H2,1-3H3. The number of aryl methyl sites for hydroxylation is 1. The topological polar surface area (TPSA) is 102 Å². The van der Waals surface area contributed by atoms with Crippen molar-refractivity contribution < 1.29 is 24.4 Å².